The van der Waals surface area contributed by atoms with E-state index in [2.05, 4.69) is 82.4 Å². The number of allylic oxidation sites excluding steroid dienone is 1. The van der Waals surface area contributed by atoms with Gasteiger partial charge in [0.1, 0.15) is 25.1 Å². The maximum atomic E-state index is 15.1. The number of esters is 3. The number of rotatable bonds is 27. The van der Waals surface area contributed by atoms with Crippen molar-refractivity contribution in [1.82, 2.24) is 0 Å². The summed E-state index contributed by atoms with van der Waals surface area (Å²) >= 11 is 0. The van der Waals surface area contributed by atoms with E-state index in [1.165, 1.54) is 6.92 Å². The molecule has 1 rings (SSSR count). The summed E-state index contributed by atoms with van der Waals surface area (Å²) in [7, 11) is 0. The summed E-state index contributed by atoms with van der Waals surface area (Å²) in [6, 6.07) is 0. The molecule has 0 aromatic rings. The Bertz CT molecular complexity index is 1310. The van der Waals surface area contributed by atoms with Gasteiger partial charge in [-0.3, -0.25) is 14.4 Å². The van der Waals surface area contributed by atoms with Gasteiger partial charge in [0.05, 0.1) is 17.8 Å². The number of carbonyl (C=O) groups is 4. The molecule has 4 N–H and O–H groups in total. The Morgan fingerprint density at radius 3 is 2.05 bits per heavy atom. The number of carbonyl (C=O) groups excluding carboxylic acids is 3. The Morgan fingerprint density at radius 1 is 0.946 bits per heavy atom. The zero-order chi connectivity index (χ0) is 43.1. The van der Waals surface area contributed by atoms with E-state index in [1.807, 2.05) is 0 Å². The monoisotopic (exact) mass is 792 g/mol. The van der Waals surface area contributed by atoms with Crippen LogP contribution in [0, 0.1) is 51.2 Å². The first-order valence-corrected chi connectivity index (χ1v) is 21.5. The molecular formula is C46H81NO9. The second-order valence-corrected chi connectivity index (χ2v) is 18.6. The van der Waals surface area contributed by atoms with Crippen molar-refractivity contribution in [3.05, 3.63) is 24.5 Å². The number of carboxylic acid groups (broad SMARTS) is 1. The van der Waals surface area contributed by atoms with Gasteiger partial charge in [0.2, 0.25) is 0 Å². The first-order valence-electron chi connectivity index (χ1n) is 21.5. The third kappa shape index (κ3) is 13.7. The summed E-state index contributed by atoms with van der Waals surface area (Å²) in [6.07, 6.45) is 8.04. The highest BCUT2D eigenvalue weighted by Crippen LogP contribution is 2.62. The van der Waals surface area contributed by atoms with Crippen LogP contribution in [0.5, 0.6) is 0 Å². The van der Waals surface area contributed by atoms with Gasteiger partial charge < -0.3 is 30.2 Å². The van der Waals surface area contributed by atoms with Gasteiger partial charge in [-0.05, 0) is 91.9 Å². The Kier molecular flexibility index (Phi) is 21.1. The van der Waals surface area contributed by atoms with Crippen LogP contribution in [0.2, 0.25) is 0 Å². The van der Waals surface area contributed by atoms with Crippen molar-refractivity contribution in [2.45, 2.75) is 172 Å². The number of aliphatic carboxylic acids is 1. The highest BCUT2D eigenvalue weighted by molar-refractivity contribution is 5.86. The molecule has 1 fully saturated rings. The molecule has 1 aliphatic heterocycles. The fourth-order valence-corrected chi connectivity index (χ4v) is 9.68. The lowest BCUT2D eigenvalue weighted by atomic mass is 9.47. The first kappa shape index (κ1) is 51.3. The van der Waals surface area contributed by atoms with E-state index < -0.39 is 64.6 Å². The van der Waals surface area contributed by atoms with Crippen LogP contribution in [0.4, 0.5) is 0 Å². The predicted octanol–water partition coefficient (Wildman–Crippen LogP) is 9.81. The maximum absolute atomic E-state index is 15.1. The summed E-state index contributed by atoms with van der Waals surface area (Å²) in [5.74, 6) is -4.31. The molecule has 56 heavy (non-hydrogen) atoms. The molecule has 0 aromatic heterocycles. The molecule has 9 unspecified atom stereocenters. The van der Waals surface area contributed by atoms with E-state index >= 15 is 4.79 Å². The van der Waals surface area contributed by atoms with Gasteiger partial charge in [0.25, 0.3) is 0 Å². The molecule has 0 saturated carbocycles. The largest absolute Gasteiger partial charge is 0.481 e. The van der Waals surface area contributed by atoms with Crippen molar-refractivity contribution in [3.63, 3.8) is 0 Å². The van der Waals surface area contributed by atoms with Crippen LogP contribution in [0.25, 0.3) is 0 Å². The maximum Gasteiger partial charge on any atom is 0.333 e. The normalized spacial score (nSPS) is 21.9. The van der Waals surface area contributed by atoms with Crippen LogP contribution in [0.1, 0.15) is 166 Å². The molecule has 0 aromatic carbocycles. The van der Waals surface area contributed by atoms with Crippen LogP contribution in [0.15, 0.2) is 24.5 Å². The minimum absolute atomic E-state index is 0.0789. The standard InChI is InChI=1S/C46H81NO9/c1-14-18-23-44(11,36(16-3)35(39(49)50)27-43(9,10)17-4)28-37(41(52)55-30-34(48)29-54-40(51)31(5)6)45(12,25-20-26-47)46(13,24-19-15-2)38-32(7)21-22-33(8)56-42(38)53/h32,34-38,48H,5,8,14-30,47H2,1-4,6-7,9-13H3,(H,49,50). The molecule has 10 heteroatoms. The zero-order valence-corrected chi connectivity index (χ0v) is 37.2. The van der Waals surface area contributed by atoms with Gasteiger partial charge in [-0.1, -0.05) is 121 Å². The van der Waals surface area contributed by atoms with E-state index in [4.69, 9.17) is 19.9 Å². The first-order chi connectivity index (χ1) is 26.0. The van der Waals surface area contributed by atoms with Crippen molar-refractivity contribution < 1.29 is 43.6 Å². The van der Waals surface area contributed by atoms with Gasteiger partial charge in [-0.2, -0.15) is 0 Å². The van der Waals surface area contributed by atoms with Gasteiger partial charge in [-0.25, -0.2) is 4.79 Å². The number of unbranched alkanes of at least 4 members (excludes halogenated alkanes) is 2. The molecule has 1 aliphatic rings. The van der Waals surface area contributed by atoms with E-state index in [9.17, 15) is 24.6 Å². The Hall–Kier alpha value is -2.72. The molecule has 0 spiro atoms. The summed E-state index contributed by atoms with van der Waals surface area (Å²) in [5.41, 5.74) is 3.91. The van der Waals surface area contributed by atoms with Gasteiger partial charge in [0.15, 0.2) is 0 Å². The number of hydrogen-bond donors (Lipinski definition) is 3. The molecule has 324 valence electrons. The summed E-state index contributed by atoms with van der Waals surface area (Å²) in [5, 5.41) is 21.7. The smallest absolute Gasteiger partial charge is 0.333 e. The second kappa shape index (κ2) is 23.0. The number of cyclic esters (lactones) is 1. The SMILES string of the molecule is C=C1CCC(C)C(C(C)(CCCC)C(C)(CCCN)C(CC(C)(CCCC)C(CC)C(CC(C)(C)CC)C(=O)O)C(=O)OCC(O)COC(=O)C(=C)C)C(=O)O1. The molecule has 0 aliphatic carbocycles. The predicted molar refractivity (Wildman–Crippen MR) is 223 cm³/mol. The zero-order valence-electron chi connectivity index (χ0n) is 37.2. The van der Waals surface area contributed by atoms with E-state index in [0.717, 1.165) is 32.1 Å². The van der Waals surface area contributed by atoms with Gasteiger partial charge in [0, 0.05) is 12.0 Å². The Balaban J connectivity index is 4.20. The molecule has 10 nitrogen and oxygen atoms in total. The minimum atomic E-state index is -1.28. The average molecular weight is 792 g/mol. The van der Waals surface area contributed by atoms with Crippen LogP contribution < -0.4 is 5.73 Å². The molecule has 1 saturated heterocycles. The van der Waals surface area contributed by atoms with Crippen molar-refractivity contribution in [2.24, 2.45) is 57.0 Å². The summed E-state index contributed by atoms with van der Waals surface area (Å²) < 4.78 is 17.1. The highest BCUT2D eigenvalue weighted by Gasteiger charge is 2.60. The number of carboxylic acids is 1. The molecule has 1 heterocycles. The fraction of sp³-hybridized carbons (Fsp3) is 0.826. The third-order valence-corrected chi connectivity index (χ3v) is 13.8. The van der Waals surface area contributed by atoms with Crippen LogP contribution >= 0.6 is 0 Å². The quantitative estimate of drug-likeness (QED) is 0.0415. The van der Waals surface area contributed by atoms with E-state index in [0.29, 0.717) is 70.1 Å². The lowest BCUT2D eigenvalue weighted by Crippen LogP contribution is -2.55. The molecule has 9 atom stereocenters. The van der Waals surface area contributed by atoms with Crippen LogP contribution in [-0.4, -0.2) is 60.0 Å². The average Bonchev–Trinajstić information content (AvgIpc) is 3.27. The Labute approximate surface area is 340 Å². The number of aliphatic hydroxyl groups is 1. The topological polar surface area (TPSA) is 162 Å². The number of aliphatic hydroxyl groups excluding tert-OH is 1. The second-order valence-electron chi connectivity index (χ2n) is 18.6. The van der Waals surface area contributed by atoms with Crippen LogP contribution in [0.3, 0.4) is 0 Å². The van der Waals surface area contributed by atoms with Gasteiger partial charge in [-0.15, -0.1) is 0 Å². The molecule has 0 bridgehead atoms. The minimum Gasteiger partial charge on any atom is -0.481 e. The lowest BCUT2D eigenvalue weighted by Gasteiger charge is -2.56. The van der Waals surface area contributed by atoms with Crippen molar-refractivity contribution in [3.8, 4) is 0 Å². The summed E-state index contributed by atoms with van der Waals surface area (Å²) in [6.45, 7) is 29.7. The molecule has 0 amide bonds. The number of ether oxygens (including phenoxy) is 3. The number of hydrogen-bond acceptors (Lipinski definition) is 9. The van der Waals surface area contributed by atoms with Gasteiger partial charge >= 0.3 is 23.9 Å². The van der Waals surface area contributed by atoms with E-state index in [1.54, 1.807) is 0 Å². The van der Waals surface area contributed by atoms with Crippen molar-refractivity contribution >= 4 is 23.9 Å². The fourth-order valence-electron chi connectivity index (χ4n) is 9.68. The lowest BCUT2D eigenvalue weighted by molar-refractivity contribution is -0.179. The molecule has 0 radical (unpaired) electrons. The summed E-state index contributed by atoms with van der Waals surface area (Å²) in [4.78, 5) is 54.7. The Morgan fingerprint density at radius 2 is 1.54 bits per heavy atom. The highest BCUT2D eigenvalue weighted by atomic mass is 16.6. The van der Waals surface area contributed by atoms with Crippen molar-refractivity contribution in [1.29, 1.82) is 0 Å². The van der Waals surface area contributed by atoms with Crippen LogP contribution in [-0.2, 0) is 33.4 Å². The molecular weight excluding hydrogens is 711 g/mol. The van der Waals surface area contributed by atoms with Crippen molar-refractivity contribution in [2.75, 3.05) is 19.8 Å². The number of nitrogens with two attached hydrogens (primary N) is 1. The third-order valence-electron chi connectivity index (χ3n) is 13.8. The van der Waals surface area contributed by atoms with E-state index in [-0.39, 0.29) is 35.4 Å².